The second kappa shape index (κ2) is 8.75. The Morgan fingerprint density at radius 3 is 2.60 bits per heavy atom. The highest BCUT2D eigenvalue weighted by molar-refractivity contribution is 5.81. The largest absolute Gasteiger partial charge is 0.481 e. The average Bonchev–Trinajstić information content (AvgIpc) is 2.58. The Hall–Kier alpha value is -2.22. The fourth-order valence-electron chi connectivity index (χ4n) is 2.74. The lowest BCUT2D eigenvalue weighted by Gasteiger charge is -2.28. The molecule has 0 bridgehead atoms. The first-order chi connectivity index (χ1) is 11.9. The van der Waals surface area contributed by atoms with E-state index in [9.17, 15) is 23.5 Å². The van der Waals surface area contributed by atoms with Gasteiger partial charge in [0.25, 0.3) is 5.91 Å². The molecule has 1 fully saturated rings. The smallest absolute Gasteiger partial charge is 0.308 e. The van der Waals surface area contributed by atoms with Crippen molar-refractivity contribution in [3.8, 4) is 5.75 Å². The first-order valence-corrected chi connectivity index (χ1v) is 8.08. The number of carboxylic acid groups (broad SMARTS) is 1. The molecule has 8 heteroatoms. The topological polar surface area (TPSA) is 84.9 Å². The number of benzene rings is 1. The van der Waals surface area contributed by atoms with Crippen LogP contribution in [0.4, 0.5) is 8.78 Å². The van der Waals surface area contributed by atoms with Crippen molar-refractivity contribution in [2.24, 2.45) is 11.8 Å². The number of hydrogen-bond acceptors (Lipinski definition) is 4. The molecule has 138 valence electrons. The molecule has 0 spiro atoms. The van der Waals surface area contributed by atoms with E-state index in [4.69, 9.17) is 9.47 Å². The molecular formula is C17H21F2NO5. The summed E-state index contributed by atoms with van der Waals surface area (Å²) in [5.74, 6) is -4.33. The Balaban J connectivity index is 1.88. The van der Waals surface area contributed by atoms with Gasteiger partial charge in [-0.15, -0.1) is 0 Å². The molecule has 2 N–H and O–H groups in total. The first kappa shape index (κ1) is 19.1. The number of aliphatic carboxylic acids is 1. The molecule has 1 saturated heterocycles. The number of carboxylic acids is 1. The standard InChI is InChI=1S/C17H21F2NO5/c1-10(25-12-2-3-14(18)15(19)8-12)16(21)20-9-13(17(22)23)11-4-6-24-7-5-11/h2-3,8,10-11,13H,4-7,9H2,1H3,(H,20,21)(H,22,23). The van der Waals surface area contributed by atoms with E-state index in [0.29, 0.717) is 26.1 Å². The monoisotopic (exact) mass is 357 g/mol. The minimum absolute atomic E-state index is 0.0146. The van der Waals surface area contributed by atoms with Gasteiger partial charge in [-0.25, -0.2) is 8.78 Å². The van der Waals surface area contributed by atoms with Crippen LogP contribution in [-0.2, 0) is 14.3 Å². The molecular weight excluding hydrogens is 336 g/mol. The van der Waals surface area contributed by atoms with Crippen LogP contribution in [0.3, 0.4) is 0 Å². The lowest BCUT2D eigenvalue weighted by atomic mass is 9.86. The summed E-state index contributed by atoms with van der Waals surface area (Å²) in [6, 6.07) is 2.96. The van der Waals surface area contributed by atoms with E-state index in [1.54, 1.807) is 0 Å². The van der Waals surface area contributed by atoms with Crippen LogP contribution in [0.2, 0.25) is 0 Å². The molecule has 2 unspecified atom stereocenters. The summed E-state index contributed by atoms with van der Waals surface area (Å²) >= 11 is 0. The molecule has 2 atom stereocenters. The van der Waals surface area contributed by atoms with E-state index in [2.05, 4.69) is 5.32 Å². The summed E-state index contributed by atoms with van der Waals surface area (Å²) in [6.45, 7) is 2.45. The Morgan fingerprint density at radius 2 is 2.00 bits per heavy atom. The van der Waals surface area contributed by atoms with Gasteiger partial charge in [-0.1, -0.05) is 0 Å². The number of hydrogen-bond donors (Lipinski definition) is 2. The molecule has 1 heterocycles. The second-order valence-corrected chi connectivity index (χ2v) is 5.98. The van der Waals surface area contributed by atoms with Gasteiger partial charge >= 0.3 is 5.97 Å². The Labute approximate surface area is 144 Å². The quantitative estimate of drug-likeness (QED) is 0.779. The molecule has 2 rings (SSSR count). The van der Waals surface area contributed by atoms with Crippen molar-refractivity contribution < 1.29 is 33.0 Å². The van der Waals surface area contributed by atoms with Gasteiger partial charge in [0.1, 0.15) is 5.75 Å². The molecule has 6 nitrogen and oxygen atoms in total. The van der Waals surface area contributed by atoms with Crippen LogP contribution < -0.4 is 10.1 Å². The highest BCUT2D eigenvalue weighted by atomic mass is 19.2. The lowest BCUT2D eigenvalue weighted by molar-refractivity contribution is -0.145. The summed E-state index contributed by atoms with van der Waals surface area (Å²) in [5, 5.41) is 11.9. The predicted octanol–water partition coefficient (Wildman–Crippen LogP) is 1.98. The van der Waals surface area contributed by atoms with Gasteiger partial charge < -0.3 is 19.9 Å². The minimum Gasteiger partial charge on any atom is -0.481 e. The van der Waals surface area contributed by atoms with E-state index >= 15 is 0 Å². The highest BCUT2D eigenvalue weighted by Gasteiger charge is 2.30. The maximum Gasteiger partial charge on any atom is 0.308 e. The van der Waals surface area contributed by atoms with Crippen LogP contribution in [0.25, 0.3) is 0 Å². The molecule has 1 amide bonds. The number of carbonyl (C=O) groups excluding carboxylic acids is 1. The number of halogens is 2. The van der Waals surface area contributed by atoms with Crippen molar-refractivity contribution in [1.82, 2.24) is 5.32 Å². The van der Waals surface area contributed by atoms with Crippen LogP contribution in [-0.4, -0.2) is 42.8 Å². The third-order valence-electron chi connectivity index (χ3n) is 4.22. The number of rotatable bonds is 7. The maximum absolute atomic E-state index is 13.1. The Morgan fingerprint density at radius 1 is 1.32 bits per heavy atom. The molecule has 1 aromatic rings. The van der Waals surface area contributed by atoms with Gasteiger partial charge in [-0.05, 0) is 37.8 Å². The number of carbonyl (C=O) groups is 2. The summed E-state index contributed by atoms with van der Waals surface area (Å²) in [4.78, 5) is 23.5. The summed E-state index contributed by atoms with van der Waals surface area (Å²) < 4.78 is 36.5. The van der Waals surface area contributed by atoms with Gasteiger partial charge in [-0.3, -0.25) is 9.59 Å². The predicted molar refractivity (Wildman–Crippen MR) is 84.1 cm³/mol. The fourth-order valence-corrected chi connectivity index (χ4v) is 2.74. The van der Waals surface area contributed by atoms with E-state index in [1.165, 1.54) is 13.0 Å². The maximum atomic E-state index is 13.1. The van der Waals surface area contributed by atoms with Gasteiger partial charge in [0, 0.05) is 25.8 Å². The van der Waals surface area contributed by atoms with E-state index in [1.807, 2.05) is 0 Å². The molecule has 25 heavy (non-hydrogen) atoms. The zero-order chi connectivity index (χ0) is 18.4. The molecule has 0 saturated carbocycles. The first-order valence-electron chi connectivity index (χ1n) is 8.08. The number of nitrogens with one attached hydrogen (secondary N) is 1. The SMILES string of the molecule is CC(Oc1ccc(F)c(F)c1)C(=O)NCC(C(=O)O)C1CCOCC1. The zero-order valence-electron chi connectivity index (χ0n) is 13.8. The Kier molecular flexibility index (Phi) is 6.69. The van der Waals surface area contributed by atoms with E-state index in [-0.39, 0.29) is 18.2 Å². The summed E-state index contributed by atoms with van der Waals surface area (Å²) in [6.07, 6.45) is 0.288. The zero-order valence-corrected chi connectivity index (χ0v) is 13.8. The van der Waals surface area contributed by atoms with Crippen LogP contribution in [0.15, 0.2) is 18.2 Å². The van der Waals surface area contributed by atoms with Crippen LogP contribution in [0.1, 0.15) is 19.8 Å². The molecule has 1 aromatic carbocycles. The normalized spacial score (nSPS) is 17.6. The van der Waals surface area contributed by atoms with Crippen LogP contribution >= 0.6 is 0 Å². The molecule has 0 aromatic heterocycles. The van der Waals surface area contributed by atoms with Crippen molar-refractivity contribution in [1.29, 1.82) is 0 Å². The fraction of sp³-hybridized carbons (Fsp3) is 0.529. The molecule has 0 radical (unpaired) electrons. The van der Waals surface area contributed by atoms with Crippen molar-refractivity contribution in [2.75, 3.05) is 19.8 Å². The van der Waals surface area contributed by atoms with Crippen molar-refractivity contribution in [2.45, 2.75) is 25.9 Å². The third-order valence-corrected chi connectivity index (χ3v) is 4.22. The number of amides is 1. The van der Waals surface area contributed by atoms with Crippen molar-refractivity contribution in [3.05, 3.63) is 29.8 Å². The molecule has 1 aliphatic rings. The molecule has 1 aliphatic heterocycles. The number of ether oxygens (including phenoxy) is 2. The third kappa shape index (κ3) is 5.38. The van der Waals surface area contributed by atoms with Gasteiger partial charge in [-0.2, -0.15) is 0 Å². The Bertz CT molecular complexity index is 619. The summed E-state index contributed by atoms with van der Waals surface area (Å²) in [7, 11) is 0. The minimum atomic E-state index is -1.07. The van der Waals surface area contributed by atoms with Gasteiger partial charge in [0.2, 0.25) is 0 Å². The van der Waals surface area contributed by atoms with Crippen molar-refractivity contribution in [3.63, 3.8) is 0 Å². The van der Waals surface area contributed by atoms with E-state index in [0.717, 1.165) is 12.1 Å². The van der Waals surface area contributed by atoms with Crippen LogP contribution in [0, 0.1) is 23.5 Å². The lowest BCUT2D eigenvalue weighted by Crippen LogP contribution is -2.43. The second-order valence-electron chi connectivity index (χ2n) is 5.98. The van der Waals surface area contributed by atoms with Crippen molar-refractivity contribution >= 4 is 11.9 Å². The van der Waals surface area contributed by atoms with Crippen LogP contribution in [0.5, 0.6) is 5.75 Å². The van der Waals surface area contributed by atoms with Gasteiger partial charge in [0.15, 0.2) is 17.7 Å². The van der Waals surface area contributed by atoms with E-state index < -0.39 is 35.5 Å². The average molecular weight is 357 g/mol. The summed E-state index contributed by atoms with van der Waals surface area (Å²) in [5.41, 5.74) is 0. The van der Waals surface area contributed by atoms with Gasteiger partial charge in [0.05, 0.1) is 5.92 Å². The highest BCUT2D eigenvalue weighted by Crippen LogP contribution is 2.24. The molecule has 0 aliphatic carbocycles.